The third-order valence-electron chi connectivity index (χ3n) is 8.44. The molecule has 3 aromatic rings. The molecule has 3 amide bonds. The van der Waals surface area contributed by atoms with E-state index in [1.165, 1.54) is 13.4 Å². The Kier molecular flexibility index (Phi) is 7.55. The molecule has 3 fully saturated rings. The Hall–Kier alpha value is -3.75. The Bertz CT molecular complexity index is 1490. The summed E-state index contributed by atoms with van der Waals surface area (Å²) >= 11 is 0. The molecule has 232 valence electrons. The van der Waals surface area contributed by atoms with E-state index in [9.17, 15) is 31.5 Å². The number of methoxy groups -OCH3 is 1. The van der Waals surface area contributed by atoms with Gasteiger partial charge >= 0.3 is 12.2 Å². The molecule has 3 heterocycles. The summed E-state index contributed by atoms with van der Waals surface area (Å²) in [6, 6.07) is 0.169. The molecule has 1 aliphatic heterocycles. The lowest BCUT2D eigenvalue weighted by Gasteiger charge is -2.32. The fraction of sp³-hybridized carbons (Fsp3) is 0.571. The van der Waals surface area contributed by atoms with Gasteiger partial charge in [0.2, 0.25) is 11.8 Å². The minimum absolute atomic E-state index is 0.0781. The number of alkyl halides is 5. The van der Waals surface area contributed by atoms with Crippen LogP contribution in [0.5, 0.6) is 0 Å². The van der Waals surface area contributed by atoms with Gasteiger partial charge in [0.1, 0.15) is 29.4 Å². The summed E-state index contributed by atoms with van der Waals surface area (Å²) in [5.74, 6) is -3.42. The fourth-order valence-electron chi connectivity index (χ4n) is 5.90. The highest BCUT2D eigenvalue weighted by Gasteiger charge is 2.48. The Balaban J connectivity index is 1.29. The highest BCUT2D eigenvalue weighted by molar-refractivity contribution is 5.95. The predicted molar refractivity (Wildman–Crippen MR) is 139 cm³/mol. The molecule has 1 saturated heterocycles. The first kappa shape index (κ1) is 29.3. The molecule has 43 heavy (non-hydrogen) atoms. The van der Waals surface area contributed by atoms with Gasteiger partial charge in [-0.15, -0.1) is 0 Å². The summed E-state index contributed by atoms with van der Waals surface area (Å²) in [5, 5.41) is 8.84. The summed E-state index contributed by atoms with van der Waals surface area (Å²) in [4.78, 5) is 31.5. The van der Waals surface area contributed by atoms with E-state index in [1.807, 2.05) is 5.32 Å². The maximum Gasteiger partial charge on any atom is 0.410 e. The monoisotopic (exact) mass is 611 g/mol. The van der Waals surface area contributed by atoms with Gasteiger partial charge in [0.25, 0.3) is 5.91 Å². The zero-order valence-corrected chi connectivity index (χ0v) is 23.1. The molecule has 0 unspecified atom stereocenters. The van der Waals surface area contributed by atoms with Crippen LogP contribution in [0, 0.1) is 5.92 Å². The second-order valence-electron chi connectivity index (χ2n) is 11.5. The number of carbonyl (C=O) groups excluding carboxylic acids is 2. The van der Waals surface area contributed by atoms with Crippen molar-refractivity contribution in [2.75, 3.05) is 20.3 Å². The predicted octanol–water partition coefficient (Wildman–Crippen LogP) is 5.63. The largest absolute Gasteiger partial charge is 0.438 e. The van der Waals surface area contributed by atoms with Crippen LogP contribution in [0.4, 0.5) is 26.7 Å². The Morgan fingerprint density at radius 1 is 1.23 bits per heavy atom. The van der Waals surface area contributed by atoms with Crippen LogP contribution in [-0.2, 0) is 4.74 Å². The lowest BCUT2D eigenvalue weighted by atomic mass is 9.82. The summed E-state index contributed by atoms with van der Waals surface area (Å²) in [5.41, 5.74) is 1.93. The number of benzene rings is 1. The molecule has 2 aromatic heterocycles. The molecule has 15 heteroatoms. The molecule has 3 atom stereocenters. The molecule has 1 aromatic carbocycles. The molecule has 2 N–H and O–H groups in total. The maximum absolute atomic E-state index is 14.0. The molecule has 2 aliphatic carbocycles. The SMILES string of the molecule is COC[C@H](c1ccc2oc([C@@H](NC(=O)c3conc3C3CC3)C3CCC(F)(F)CC3)nc2c1)N1C[C@@H](C(F)(F)F)NC1=O. The van der Waals surface area contributed by atoms with Gasteiger partial charge in [-0.05, 0) is 49.3 Å². The van der Waals surface area contributed by atoms with Crippen molar-refractivity contribution >= 4 is 23.0 Å². The van der Waals surface area contributed by atoms with Crippen molar-refractivity contribution in [3.63, 3.8) is 0 Å². The number of aromatic nitrogens is 2. The molecule has 10 nitrogen and oxygen atoms in total. The van der Waals surface area contributed by atoms with Gasteiger partial charge in [-0.2, -0.15) is 13.2 Å². The van der Waals surface area contributed by atoms with Gasteiger partial charge in [0, 0.05) is 25.9 Å². The van der Waals surface area contributed by atoms with Gasteiger partial charge in [-0.3, -0.25) is 4.79 Å². The minimum Gasteiger partial charge on any atom is -0.438 e. The van der Waals surface area contributed by atoms with Crippen LogP contribution in [0.25, 0.3) is 11.1 Å². The van der Waals surface area contributed by atoms with E-state index in [2.05, 4.69) is 15.5 Å². The average molecular weight is 612 g/mol. The Morgan fingerprint density at radius 3 is 2.63 bits per heavy atom. The Morgan fingerprint density at radius 2 is 1.98 bits per heavy atom. The lowest BCUT2D eigenvalue weighted by Crippen LogP contribution is -2.40. The molecule has 2 saturated carbocycles. The number of hydrogen-bond donors (Lipinski definition) is 2. The number of fused-ring (bicyclic) bond motifs is 1. The zero-order chi connectivity index (χ0) is 30.5. The van der Waals surface area contributed by atoms with E-state index in [0.717, 1.165) is 17.7 Å². The van der Waals surface area contributed by atoms with E-state index in [4.69, 9.17) is 13.7 Å². The third-order valence-corrected chi connectivity index (χ3v) is 8.44. The number of nitrogens with one attached hydrogen (secondary N) is 2. The van der Waals surface area contributed by atoms with Crippen LogP contribution in [0.3, 0.4) is 0 Å². The topological polar surface area (TPSA) is 123 Å². The summed E-state index contributed by atoms with van der Waals surface area (Å²) in [6.07, 6.45) is -2.00. The van der Waals surface area contributed by atoms with Crippen molar-refractivity contribution in [1.29, 1.82) is 0 Å². The van der Waals surface area contributed by atoms with Gasteiger partial charge in [0.05, 0.1) is 24.9 Å². The number of carbonyl (C=O) groups is 2. The van der Waals surface area contributed by atoms with Crippen LogP contribution in [-0.4, -0.2) is 65.4 Å². The number of hydrogen-bond acceptors (Lipinski definition) is 7. The first-order chi connectivity index (χ1) is 20.4. The smallest absolute Gasteiger partial charge is 0.410 e. The van der Waals surface area contributed by atoms with Gasteiger partial charge in [-0.25, -0.2) is 18.6 Å². The first-order valence-corrected chi connectivity index (χ1v) is 14.1. The molecule has 6 rings (SSSR count). The number of amides is 3. The van der Waals surface area contributed by atoms with Crippen LogP contribution >= 0.6 is 0 Å². The van der Waals surface area contributed by atoms with Crippen LogP contribution in [0.2, 0.25) is 0 Å². The molecular weight excluding hydrogens is 581 g/mol. The van der Waals surface area contributed by atoms with E-state index >= 15 is 0 Å². The van der Waals surface area contributed by atoms with Crippen molar-refractivity contribution in [2.45, 2.75) is 74.7 Å². The van der Waals surface area contributed by atoms with E-state index in [-0.39, 0.29) is 49.7 Å². The van der Waals surface area contributed by atoms with E-state index in [0.29, 0.717) is 22.4 Å². The van der Waals surface area contributed by atoms with Crippen LogP contribution in [0.1, 0.15) is 84.0 Å². The summed E-state index contributed by atoms with van der Waals surface area (Å²) in [6.45, 7) is -0.671. The third kappa shape index (κ3) is 6.04. The normalized spacial score (nSPS) is 22.5. The van der Waals surface area contributed by atoms with Crippen molar-refractivity contribution in [2.24, 2.45) is 5.92 Å². The number of urea groups is 1. The Labute approximate surface area is 242 Å². The lowest BCUT2D eigenvalue weighted by molar-refractivity contribution is -0.150. The quantitative estimate of drug-likeness (QED) is 0.301. The standard InChI is InChI=1S/C28H30F5N5O5/c1-41-13-19(38-11-21(28(31,32)33)35-26(38)40)16-4-5-20-18(10-16)34-25(43-20)23(15-6-8-27(29,30)9-7-15)36-24(39)17-12-42-37-22(17)14-2-3-14/h4-5,10,12,14-15,19,21,23H,2-3,6-9,11,13H2,1H3,(H,35,40)(H,36,39)/t19-,21+,23+/m1/s1. The molecular formula is C28H30F5N5O5. The number of oxazole rings is 1. The van der Waals surface area contributed by atoms with Crippen LogP contribution in [0.15, 0.2) is 33.4 Å². The zero-order valence-electron chi connectivity index (χ0n) is 23.1. The van der Waals surface area contributed by atoms with Gasteiger partial charge < -0.3 is 29.2 Å². The van der Waals surface area contributed by atoms with Crippen molar-refractivity contribution in [1.82, 2.24) is 25.7 Å². The highest BCUT2D eigenvalue weighted by atomic mass is 19.4. The van der Waals surface area contributed by atoms with Gasteiger partial charge in [0.15, 0.2) is 5.58 Å². The average Bonchev–Trinajstić information content (AvgIpc) is 3.33. The number of rotatable bonds is 9. The molecule has 0 bridgehead atoms. The second kappa shape index (κ2) is 11.1. The minimum atomic E-state index is -4.61. The van der Waals surface area contributed by atoms with Crippen molar-refractivity contribution in [3.8, 4) is 0 Å². The maximum atomic E-state index is 14.0. The van der Waals surface area contributed by atoms with E-state index in [1.54, 1.807) is 18.2 Å². The summed E-state index contributed by atoms with van der Waals surface area (Å²) < 4.78 is 84.3. The van der Waals surface area contributed by atoms with E-state index < -0.39 is 54.6 Å². The highest BCUT2D eigenvalue weighted by Crippen LogP contribution is 2.43. The number of ether oxygens (including phenoxy) is 1. The second-order valence-corrected chi connectivity index (χ2v) is 11.5. The number of halogens is 5. The van der Waals surface area contributed by atoms with Gasteiger partial charge in [-0.1, -0.05) is 11.2 Å². The van der Waals surface area contributed by atoms with Crippen molar-refractivity contribution in [3.05, 3.63) is 47.2 Å². The molecule has 3 aliphatic rings. The van der Waals surface area contributed by atoms with Crippen molar-refractivity contribution < 1.29 is 45.2 Å². The summed E-state index contributed by atoms with van der Waals surface area (Å²) in [7, 11) is 1.38. The van der Waals surface area contributed by atoms with Crippen LogP contribution < -0.4 is 10.6 Å². The molecule has 0 spiro atoms. The first-order valence-electron chi connectivity index (χ1n) is 14.1. The fourth-order valence-corrected chi connectivity index (χ4v) is 5.90. The molecule has 0 radical (unpaired) electrons. The number of nitrogens with zero attached hydrogens (tertiary/aromatic N) is 3.